The highest BCUT2D eigenvalue weighted by atomic mass is 16.7. The van der Waals surface area contributed by atoms with E-state index < -0.39 is 0 Å². The van der Waals surface area contributed by atoms with Gasteiger partial charge in [-0.15, -0.1) is 0 Å². The molecule has 1 rings (SSSR count). The maximum absolute atomic E-state index is 5.46. The Morgan fingerprint density at radius 2 is 1.92 bits per heavy atom. The first-order valence-corrected chi connectivity index (χ1v) is 4.75. The van der Waals surface area contributed by atoms with Crippen LogP contribution in [0.5, 0.6) is 0 Å². The molecule has 1 heterocycles. The molecule has 1 aliphatic heterocycles. The summed E-state index contributed by atoms with van der Waals surface area (Å²) >= 11 is 0. The number of ether oxygens (including phenoxy) is 2. The highest BCUT2D eigenvalue weighted by Crippen LogP contribution is 2.21. The molecule has 0 amide bonds. The monoisotopic (exact) mass is 173 g/mol. The Kier molecular flexibility index (Phi) is 3.98. The Morgan fingerprint density at radius 3 is 2.50 bits per heavy atom. The Hall–Kier alpha value is -0.120. The third-order valence-electron chi connectivity index (χ3n) is 2.08. The van der Waals surface area contributed by atoms with Gasteiger partial charge in [-0.25, -0.2) is 0 Å². The number of hydrogen-bond donors (Lipinski definition) is 1. The van der Waals surface area contributed by atoms with Gasteiger partial charge in [0.2, 0.25) is 0 Å². The van der Waals surface area contributed by atoms with E-state index in [1.807, 2.05) is 6.92 Å². The molecule has 0 saturated carbocycles. The van der Waals surface area contributed by atoms with Gasteiger partial charge in [-0.05, 0) is 19.9 Å². The fraction of sp³-hybridized carbons (Fsp3) is 1.00. The van der Waals surface area contributed by atoms with Crippen LogP contribution in [0, 0.1) is 0 Å². The molecule has 0 aliphatic carbocycles. The zero-order valence-corrected chi connectivity index (χ0v) is 8.06. The van der Waals surface area contributed by atoms with Crippen LogP contribution in [0.1, 0.15) is 26.7 Å². The van der Waals surface area contributed by atoms with E-state index in [1.165, 1.54) is 6.42 Å². The van der Waals surface area contributed by atoms with E-state index in [0.29, 0.717) is 0 Å². The van der Waals surface area contributed by atoms with Crippen molar-refractivity contribution < 1.29 is 9.47 Å². The fourth-order valence-corrected chi connectivity index (χ4v) is 1.32. The molecule has 1 aliphatic rings. The molecule has 72 valence electrons. The van der Waals surface area contributed by atoms with Crippen molar-refractivity contribution in [1.82, 2.24) is 5.32 Å². The van der Waals surface area contributed by atoms with Gasteiger partial charge in [-0.2, -0.15) is 0 Å². The van der Waals surface area contributed by atoms with Crippen molar-refractivity contribution in [3.63, 3.8) is 0 Å². The molecular weight excluding hydrogens is 154 g/mol. The summed E-state index contributed by atoms with van der Waals surface area (Å²) in [6, 6.07) is 0. The van der Waals surface area contributed by atoms with Gasteiger partial charge in [0.25, 0.3) is 0 Å². The molecular formula is C9H19NO2. The van der Waals surface area contributed by atoms with Gasteiger partial charge in [-0.1, -0.05) is 6.92 Å². The molecule has 3 nitrogen and oxygen atoms in total. The van der Waals surface area contributed by atoms with Crippen molar-refractivity contribution in [2.75, 3.05) is 26.3 Å². The third kappa shape index (κ3) is 3.09. The first kappa shape index (κ1) is 9.96. The molecule has 1 N–H and O–H groups in total. The van der Waals surface area contributed by atoms with Gasteiger partial charge in [-0.3, -0.25) is 0 Å². The highest BCUT2D eigenvalue weighted by Gasteiger charge is 2.29. The molecule has 1 fully saturated rings. The lowest BCUT2D eigenvalue weighted by Crippen LogP contribution is -2.31. The van der Waals surface area contributed by atoms with Crippen LogP contribution < -0.4 is 5.32 Å². The van der Waals surface area contributed by atoms with Crippen LogP contribution in [-0.4, -0.2) is 32.1 Å². The van der Waals surface area contributed by atoms with Gasteiger partial charge >= 0.3 is 0 Å². The lowest BCUT2D eigenvalue weighted by Gasteiger charge is -2.22. The van der Waals surface area contributed by atoms with Crippen molar-refractivity contribution in [2.24, 2.45) is 0 Å². The summed E-state index contributed by atoms with van der Waals surface area (Å²) < 4.78 is 10.9. The molecule has 12 heavy (non-hydrogen) atoms. The summed E-state index contributed by atoms with van der Waals surface area (Å²) in [7, 11) is 0. The first-order valence-electron chi connectivity index (χ1n) is 4.75. The zero-order valence-electron chi connectivity index (χ0n) is 8.06. The average Bonchev–Trinajstić information content (AvgIpc) is 2.47. The minimum absolute atomic E-state index is 0.319. The van der Waals surface area contributed by atoms with Crippen LogP contribution in [0.2, 0.25) is 0 Å². The smallest absolute Gasteiger partial charge is 0.166 e. The molecule has 0 aromatic heterocycles. The molecule has 0 aromatic rings. The lowest BCUT2D eigenvalue weighted by molar-refractivity contribution is -0.145. The van der Waals surface area contributed by atoms with Crippen molar-refractivity contribution in [3.05, 3.63) is 0 Å². The predicted molar refractivity (Wildman–Crippen MR) is 48.1 cm³/mol. The van der Waals surface area contributed by atoms with Crippen LogP contribution in [0.15, 0.2) is 0 Å². The summed E-state index contributed by atoms with van der Waals surface area (Å²) in [5, 5.41) is 3.33. The molecule has 0 spiro atoms. The average molecular weight is 173 g/mol. The summed E-state index contributed by atoms with van der Waals surface area (Å²) in [5.41, 5.74) is 0. The first-order chi connectivity index (χ1) is 5.77. The van der Waals surface area contributed by atoms with E-state index in [9.17, 15) is 0 Å². The van der Waals surface area contributed by atoms with E-state index in [1.54, 1.807) is 0 Å². The van der Waals surface area contributed by atoms with Crippen molar-refractivity contribution in [3.8, 4) is 0 Å². The topological polar surface area (TPSA) is 30.5 Å². The van der Waals surface area contributed by atoms with Gasteiger partial charge in [0.1, 0.15) is 0 Å². The van der Waals surface area contributed by atoms with E-state index in [-0.39, 0.29) is 5.79 Å². The minimum atomic E-state index is -0.319. The van der Waals surface area contributed by atoms with Crippen LogP contribution in [-0.2, 0) is 9.47 Å². The summed E-state index contributed by atoms with van der Waals surface area (Å²) in [4.78, 5) is 0. The highest BCUT2D eigenvalue weighted by molar-refractivity contribution is 4.69. The van der Waals surface area contributed by atoms with Gasteiger partial charge < -0.3 is 14.8 Å². The van der Waals surface area contributed by atoms with E-state index in [4.69, 9.17) is 9.47 Å². The van der Waals surface area contributed by atoms with E-state index in [2.05, 4.69) is 12.2 Å². The Labute approximate surface area is 74.4 Å². The van der Waals surface area contributed by atoms with Gasteiger partial charge in [0.05, 0.1) is 13.2 Å². The summed E-state index contributed by atoms with van der Waals surface area (Å²) in [5.74, 6) is -0.319. The Morgan fingerprint density at radius 1 is 1.25 bits per heavy atom. The predicted octanol–water partition coefficient (Wildman–Crippen LogP) is 1.14. The lowest BCUT2D eigenvalue weighted by atomic mass is 10.2. The third-order valence-corrected chi connectivity index (χ3v) is 2.08. The Bertz CT molecular complexity index is 122. The van der Waals surface area contributed by atoms with Crippen molar-refractivity contribution in [2.45, 2.75) is 32.5 Å². The second-order valence-corrected chi connectivity index (χ2v) is 3.33. The van der Waals surface area contributed by atoms with Gasteiger partial charge in [0.15, 0.2) is 5.79 Å². The fourth-order valence-electron chi connectivity index (χ4n) is 1.32. The van der Waals surface area contributed by atoms with Crippen LogP contribution in [0.25, 0.3) is 0 Å². The summed E-state index contributed by atoms with van der Waals surface area (Å²) in [6.45, 7) is 7.71. The van der Waals surface area contributed by atoms with Crippen LogP contribution in [0.3, 0.4) is 0 Å². The standard InChI is InChI=1S/C9H19NO2/c1-3-5-10-6-4-9(2)11-7-8-12-9/h10H,3-8H2,1-2H3. The van der Waals surface area contributed by atoms with E-state index >= 15 is 0 Å². The number of rotatable bonds is 5. The summed E-state index contributed by atoms with van der Waals surface area (Å²) in [6.07, 6.45) is 2.12. The maximum atomic E-state index is 5.46. The molecule has 0 radical (unpaired) electrons. The molecule has 3 heteroatoms. The molecule has 1 saturated heterocycles. The Balaban J connectivity index is 2.05. The quantitative estimate of drug-likeness (QED) is 0.632. The molecule has 0 unspecified atom stereocenters. The molecule has 0 atom stereocenters. The minimum Gasteiger partial charge on any atom is -0.348 e. The second-order valence-electron chi connectivity index (χ2n) is 3.33. The maximum Gasteiger partial charge on any atom is 0.166 e. The van der Waals surface area contributed by atoms with Crippen LogP contribution in [0.4, 0.5) is 0 Å². The SMILES string of the molecule is CCCNCCC1(C)OCCO1. The normalized spacial score (nSPS) is 21.5. The van der Waals surface area contributed by atoms with Gasteiger partial charge in [0, 0.05) is 13.0 Å². The number of nitrogens with one attached hydrogen (secondary N) is 1. The molecule has 0 aromatic carbocycles. The largest absolute Gasteiger partial charge is 0.348 e. The zero-order chi connectivity index (χ0) is 8.86. The number of hydrogen-bond acceptors (Lipinski definition) is 3. The van der Waals surface area contributed by atoms with Crippen molar-refractivity contribution >= 4 is 0 Å². The second kappa shape index (κ2) is 4.80. The van der Waals surface area contributed by atoms with Crippen molar-refractivity contribution in [1.29, 1.82) is 0 Å². The van der Waals surface area contributed by atoms with E-state index in [0.717, 1.165) is 32.7 Å². The molecule has 0 bridgehead atoms. The van der Waals surface area contributed by atoms with Crippen LogP contribution >= 0.6 is 0 Å².